The molecule has 0 N–H and O–H groups in total. The van der Waals surface area contributed by atoms with Crippen LogP contribution in [0.4, 0.5) is 0 Å². The number of halogens is 1. The molecule has 0 atom stereocenters. The molecule has 1 aromatic carbocycles. The van der Waals surface area contributed by atoms with Gasteiger partial charge in [0.1, 0.15) is 11.5 Å². The van der Waals surface area contributed by atoms with Crippen molar-refractivity contribution < 1.29 is 4.42 Å². The van der Waals surface area contributed by atoms with E-state index in [0.29, 0.717) is 11.8 Å². The van der Waals surface area contributed by atoms with E-state index in [4.69, 9.17) is 4.42 Å². The van der Waals surface area contributed by atoms with E-state index in [0.717, 1.165) is 23.1 Å². The molecule has 0 unspecified atom stereocenters. The summed E-state index contributed by atoms with van der Waals surface area (Å²) in [6.07, 6.45) is 1.89. The minimum atomic E-state index is 0.520. The molecule has 0 saturated carbocycles. The van der Waals surface area contributed by atoms with E-state index in [1.165, 1.54) is 16.9 Å². The van der Waals surface area contributed by atoms with Gasteiger partial charge in [0, 0.05) is 17.3 Å². The van der Waals surface area contributed by atoms with Gasteiger partial charge in [0.15, 0.2) is 0 Å². The summed E-state index contributed by atoms with van der Waals surface area (Å²) in [5.74, 6) is 3.39. The van der Waals surface area contributed by atoms with Crippen molar-refractivity contribution in [1.82, 2.24) is 0 Å². The molecule has 1 heterocycles. The fraction of sp³-hybridized carbons (Fsp3) is 0.444. The maximum atomic E-state index is 6.11. The minimum Gasteiger partial charge on any atom is -0.465 e. The molecule has 0 radical (unpaired) electrons. The number of furan rings is 1. The van der Waals surface area contributed by atoms with Crippen LogP contribution in [0.15, 0.2) is 39.2 Å². The van der Waals surface area contributed by atoms with Crippen molar-refractivity contribution in [1.29, 1.82) is 0 Å². The SMILES string of the molecule is CC(C)Cc1oc(Cc2ccc(Br)cc2)cc1C(C)C. The molecule has 0 aliphatic carbocycles. The zero-order valence-corrected chi connectivity index (χ0v) is 14.3. The van der Waals surface area contributed by atoms with Crippen LogP contribution in [0.2, 0.25) is 0 Å². The average Bonchev–Trinajstić information content (AvgIpc) is 2.74. The third-order valence-electron chi connectivity index (χ3n) is 3.40. The lowest BCUT2D eigenvalue weighted by atomic mass is 9.98. The molecule has 0 aliphatic rings. The van der Waals surface area contributed by atoms with Crippen molar-refractivity contribution in [2.75, 3.05) is 0 Å². The van der Waals surface area contributed by atoms with E-state index in [1.54, 1.807) is 0 Å². The summed E-state index contributed by atoms with van der Waals surface area (Å²) in [7, 11) is 0. The second-order valence-electron chi connectivity index (χ2n) is 6.15. The van der Waals surface area contributed by atoms with Gasteiger partial charge in [0.2, 0.25) is 0 Å². The van der Waals surface area contributed by atoms with E-state index in [-0.39, 0.29) is 0 Å². The van der Waals surface area contributed by atoms with Crippen LogP contribution in [-0.2, 0) is 12.8 Å². The highest BCUT2D eigenvalue weighted by Crippen LogP contribution is 2.27. The molecule has 1 aromatic heterocycles. The largest absolute Gasteiger partial charge is 0.465 e. The molecule has 0 aliphatic heterocycles. The third kappa shape index (κ3) is 3.99. The molecule has 1 nitrogen and oxygen atoms in total. The predicted molar refractivity (Wildman–Crippen MR) is 88.3 cm³/mol. The molecule has 2 rings (SSSR count). The summed E-state index contributed by atoms with van der Waals surface area (Å²) in [6, 6.07) is 10.7. The second-order valence-corrected chi connectivity index (χ2v) is 7.06. The first-order valence-corrected chi connectivity index (χ1v) is 8.11. The van der Waals surface area contributed by atoms with Gasteiger partial charge in [-0.15, -0.1) is 0 Å². The summed E-state index contributed by atoms with van der Waals surface area (Å²) in [4.78, 5) is 0. The van der Waals surface area contributed by atoms with Crippen molar-refractivity contribution >= 4 is 15.9 Å². The number of benzene rings is 1. The maximum Gasteiger partial charge on any atom is 0.108 e. The zero-order chi connectivity index (χ0) is 14.7. The molecular weight excluding hydrogens is 312 g/mol. The summed E-state index contributed by atoms with van der Waals surface area (Å²) in [5.41, 5.74) is 2.65. The van der Waals surface area contributed by atoms with E-state index in [2.05, 4.69) is 74.0 Å². The molecule has 0 bridgehead atoms. The number of hydrogen-bond acceptors (Lipinski definition) is 1. The van der Waals surface area contributed by atoms with E-state index < -0.39 is 0 Å². The van der Waals surface area contributed by atoms with Gasteiger partial charge in [-0.3, -0.25) is 0 Å². The van der Waals surface area contributed by atoms with Crippen molar-refractivity contribution in [2.24, 2.45) is 5.92 Å². The zero-order valence-electron chi connectivity index (χ0n) is 12.7. The van der Waals surface area contributed by atoms with Crippen molar-refractivity contribution in [3.8, 4) is 0 Å². The standard InChI is InChI=1S/C18H23BrO/c1-12(2)9-18-17(13(3)4)11-16(20-18)10-14-5-7-15(19)8-6-14/h5-8,11-13H,9-10H2,1-4H3. The molecule has 108 valence electrons. The lowest BCUT2D eigenvalue weighted by Crippen LogP contribution is -1.97. The van der Waals surface area contributed by atoms with Crippen LogP contribution in [0.1, 0.15) is 56.3 Å². The van der Waals surface area contributed by atoms with Gasteiger partial charge in [-0.1, -0.05) is 55.8 Å². The van der Waals surface area contributed by atoms with Crippen LogP contribution in [0.3, 0.4) is 0 Å². The highest BCUT2D eigenvalue weighted by molar-refractivity contribution is 9.10. The Morgan fingerprint density at radius 3 is 2.25 bits per heavy atom. The minimum absolute atomic E-state index is 0.520. The Balaban J connectivity index is 2.21. The normalized spacial score (nSPS) is 11.6. The van der Waals surface area contributed by atoms with Gasteiger partial charge in [-0.05, 0) is 41.2 Å². The third-order valence-corrected chi connectivity index (χ3v) is 3.93. The first-order chi connectivity index (χ1) is 9.45. The van der Waals surface area contributed by atoms with Gasteiger partial charge in [-0.2, -0.15) is 0 Å². The molecular formula is C18H23BrO. The second kappa shape index (κ2) is 6.62. The fourth-order valence-corrected chi connectivity index (χ4v) is 2.67. The Morgan fingerprint density at radius 2 is 1.70 bits per heavy atom. The average molecular weight is 335 g/mol. The van der Waals surface area contributed by atoms with E-state index in [1.807, 2.05) is 0 Å². The lowest BCUT2D eigenvalue weighted by molar-refractivity contribution is 0.440. The quantitative estimate of drug-likeness (QED) is 0.657. The maximum absolute atomic E-state index is 6.11. The van der Waals surface area contributed by atoms with Crippen LogP contribution < -0.4 is 0 Å². The topological polar surface area (TPSA) is 13.1 Å². The number of rotatable bonds is 5. The molecule has 2 aromatic rings. The van der Waals surface area contributed by atoms with Crippen molar-refractivity contribution in [2.45, 2.75) is 46.5 Å². The summed E-state index contributed by atoms with van der Waals surface area (Å²) >= 11 is 3.47. The lowest BCUT2D eigenvalue weighted by Gasteiger charge is -2.07. The van der Waals surface area contributed by atoms with Crippen LogP contribution >= 0.6 is 15.9 Å². The Bertz CT molecular complexity index is 549. The first-order valence-electron chi connectivity index (χ1n) is 7.31. The van der Waals surface area contributed by atoms with Crippen LogP contribution in [-0.4, -0.2) is 0 Å². The monoisotopic (exact) mass is 334 g/mol. The summed E-state index contributed by atoms with van der Waals surface area (Å²) in [5, 5.41) is 0. The van der Waals surface area contributed by atoms with Crippen LogP contribution in [0.5, 0.6) is 0 Å². The molecule has 2 heteroatoms. The first kappa shape index (κ1) is 15.4. The number of hydrogen-bond donors (Lipinski definition) is 0. The fourth-order valence-electron chi connectivity index (χ4n) is 2.41. The Kier molecular flexibility index (Phi) is 5.09. The summed E-state index contributed by atoms with van der Waals surface area (Å²) in [6.45, 7) is 8.94. The van der Waals surface area contributed by atoms with Gasteiger partial charge in [0.05, 0.1) is 0 Å². The Hall–Kier alpha value is -1.02. The molecule has 0 amide bonds. The summed E-state index contributed by atoms with van der Waals surface area (Å²) < 4.78 is 7.22. The van der Waals surface area contributed by atoms with E-state index in [9.17, 15) is 0 Å². The Morgan fingerprint density at radius 1 is 1.05 bits per heavy atom. The highest BCUT2D eigenvalue weighted by atomic mass is 79.9. The van der Waals surface area contributed by atoms with Gasteiger partial charge < -0.3 is 4.42 Å². The molecule has 0 fully saturated rings. The Labute approximate surface area is 130 Å². The van der Waals surface area contributed by atoms with E-state index >= 15 is 0 Å². The van der Waals surface area contributed by atoms with Crippen LogP contribution in [0.25, 0.3) is 0 Å². The van der Waals surface area contributed by atoms with Gasteiger partial charge in [-0.25, -0.2) is 0 Å². The van der Waals surface area contributed by atoms with Gasteiger partial charge >= 0.3 is 0 Å². The molecule has 0 spiro atoms. The predicted octanol–water partition coefficient (Wildman–Crippen LogP) is 5.95. The van der Waals surface area contributed by atoms with Crippen molar-refractivity contribution in [3.63, 3.8) is 0 Å². The van der Waals surface area contributed by atoms with Crippen molar-refractivity contribution in [3.05, 3.63) is 57.5 Å². The molecule has 0 saturated heterocycles. The van der Waals surface area contributed by atoms with Gasteiger partial charge in [0.25, 0.3) is 0 Å². The molecule has 20 heavy (non-hydrogen) atoms. The highest BCUT2D eigenvalue weighted by Gasteiger charge is 2.15. The van der Waals surface area contributed by atoms with Crippen LogP contribution in [0, 0.1) is 5.92 Å². The smallest absolute Gasteiger partial charge is 0.108 e.